The van der Waals surface area contributed by atoms with Gasteiger partial charge in [0.25, 0.3) is 11.8 Å². The number of carbonyl (C=O) groups is 3. The Balaban J connectivity index is 1.75. The lowest BCUT2D eigenvalue weighted by Crippen LogP contribution is -2.57. The van der Waals surface area contributed by atoms with Gasteiger partial charge in [0, 0.05) is 22.2 Å². The molecule has 31 heavy (non-hydrogen) atoms. The number of amides is 3. The van der Waals surface area contributed by atoms with Gasteiger partial charge < -0.3 is 10.2 Å². The molecule has 8 nitrogen and oxygen atoms in total. The predicted octanol–water partition coefficient (Wildman–Crippen LogP) is 2.66. The van der Waals surface area contributed by atoms with Crippen molar-refractivity contribution in [2.75, 3.05) is 6.54 Å². The molecule has 0 aliphatic rings. The summed E-state index contributed by atoms with van der Waals surface area (Å²) in [5, 5.41) is 0.926. The number of nitrogens with two attached hydrogens (primary N) is 1. The third-order valence-electron chi connectivity index (χ3n) is 3.93. The predicted molar refractivity (Wildman–Crippen MR) is 106 cm³/mol. The molecule has 160 valence electrons. The minimum atomic E-state index is -0.915. The molecule has 0 radical (unpaired) electrons. The lowest BCUT2D eigenvalue weighted by molar-refractivity contribution is -0.134. The van der Waals surface area contributed by atoms with Gasteiger partial charge >= 0.3 is 5.91 Å². The largest absolute Gasteiger partial charge is 0.451 e. The molecular formula is C20H15ClF2N4O4. The molecule has 4 N–H and O–H groups in total. The fourth-order valence-electron chi connectivity index (χ4n) is 2.48. The molecule has 0 saturated heterocycles. The van der Waals surface area contributed by atoms with Gasteiger partial charge in [-0.3, -0.25) is 14.4 Å². The molecule has 0 aliphatic carbocycles. The van der Waals surface area contributed by atoms with Crippen LogP contribution >= 0.6 is 11.6 Å². The molecule has 3 rings (SSSR count). The lowest BCUT2D eigenvalue weighted by Gasteiger charge is -2.22. The van der Waals surface area contributed by atoms with E-state index in [1.165, 1.54) is 36.4 Å². The molecular weight excluding hydrogens is 434 g/mol. The van der Waals surface area contributed by atoms with Gasteiger partial charge in [0.1, 0.15) is 17.4 Å². The number of carbonyl (C=O) groups excluding carboxylic acids is 3. The quantitative estimate of drug-likeness (QED) is 0.530. The van der Waals surface area contributed by atoms with Crippen LogP contribution < -0.4 is 16.6 Å². The highest BCUT2D eigenvalue weighted by Gasteiger charge is 2.21. The van der Waals surface area contributed by atoms with Crippen LogP contribution in [0.2, 0.25) is 5.02 Å². The summed E-state index contributed by atoms with van der Waals surface area (Å²) < 4.78 is 32.1. The molecule has 0 saturated carbocycles. The number of hydrogen-bond donors (Lipinski definition) is 3. The minimum absolute atomic E-state index is 0.0189. The highest BCUT2D eigenvalue weighted by atomic mass is 35.5. The van der Waals surface area contributed by atoms with E-state index < -0.39 is 35.9 Å². The normalized spacial score (nSPS) is 10.5. The SMILES string of the molecule is NCC(=O)N(NC(=O)c1ccc(Cl)cc1)NC(=O)c1ccc(-c2cc(F)cc(F)c2)o1. The first kappa shape index (κ1) is 21.9. The number of halogens is 3. The Kier molecular flexibility index (Phi) is 6.63. The van der Waals surface area contributed by atoms with Gasteiger partial charge in [0.2, 0.25) is 0 Å². The first-order valence-electron chi connectivity index (χ1n) is 8.73. The summed E-state index contributed by atoms with van der Waals surface area (Å²) in [4.78, 5) is 36.8. The smallest absolute Gasteiger partial charge is 0.307 e. The van der Waals surface area contributed by atoms with Gasteiger partial charge in [-0.1, -0.05) is 11.6 Å². The Morgan fingerprint density at radius 1 is 0.935 bits per heavy atom. The van der Waals surface area contributed by atoms with Crippen molar-refractivity contribution in [1.29, 1.82) is 0 Å². The number of furan rings is 1. The van der Waals surface area contributed by atoms with Crippen LogP contribution in [0.25, 0.3) is 11.3 Å². The molecule has 0 atom stereocenters. The molecule has 2 aromatic carbocycles. The van der Waals surface area contributed by atoms with Crippen molar-refractivity contribution in [2.45, 2.75) is 0 Å². The second kappa shape index (κ2) is 9.37. The number of nitrogens with zero attached hydrogens (tertiary/aromatic N) is 1. The summed E-state index contributed by atoms with van der Waals surface area (Å²) in [5.41, 5.74) is 9.92. The van der Waals surface area contributed by atoms with Gasteiger partial charge in [-0.05, 0) is 48.5 Å². The Morgan fingerprint density at radius 2 is 1.55 bits per heavy atom. The van der Waals surface area contributed by atoms with E-state index >= 15 is 0 Å². The average Bonchev–Trinajstić information content (AvgIpc) is 3.23. The molecule has 0 unspecified atom stereocenters. The first-order chi connectivity index (χ1) is 14.8. The maximum atomic E-state index is 13.4. The number of hydrazine groups is 2. The maximum absolute atomic E-state index is 13.4. The van der Waals surface area contributed by atoms with Crippen LogP contribution in [-0.4, -0.2) is 29.4 Å². The van der Waals surface area contributed by atoms with Crippen molar-refractivity contribution in [3.05, 3.63) is 82.6 Å². The molecule has 11 heteroatoms. The highest BCUT2D eigenvalue weighted by Crippen LogP contribution is 2.24. The van der Waals surface area contributed by atoms with Gasteiger partial charge in [0.15, 0.2) is 5.76 Å². The summed E-state index contributed by atoms with van der Waals surface area (Å²) in [7, 11) is 0. The van der Waals surface area contributed by atoms with Crippen LogP contribution in [0, 0.1) is 11.6 Å². The van der Waals surface area contributed by atoms with Gasteiger partial charge in [-0.2, -0.15) is 5.12 Å². The number of nitrogens with one attached hydrogen (secondary N) is 2. The van der Waals surface area contributed by atoms with Crippen LogP contribution in [0.1, 0.15) is 20.9 Å². The second-order valence-electron chi connectivity index (χ2n) is 6.14. The van der Waals surface area contributed by atoms with Crippen molar-refractivity contribution in [3.8, 4) is 11.3 Å². The Labute approximate surface area is 179 Å². The van der Waals surface area contributed by atoms with Crippen LogP contribution in [-0.2, 0) is 4.79 Å². The fourth-order valence-corrected chi connectivity index (χ4v) is 2.61. The van der Waals surface area contributed by atoms with E-state index in [0.717, 1.165) is 12.1 Å². The van der Waals surface area contributed by atoms with Gasteiger partial charge in [-0.25, -0.2) is 19.6 Å². The first-order valence-corrected chi connectivity index (χ1v) is 9.11. The van der Waals surface area contributed by atoms with Crippen LogP contribution in [0.15, 0.2) is 59.0 Å². The molecule has 0 spiro atoms. The third kappa shape index (κ3) is 5.44. The highest BCUT2D eigenvalue weighted by molar-refractivity contribution is 6.30. The standard InChI is InChI=1S/C20H15ClF2N4O4/c21-13-3-1-11(2-4-13)19(29)25-27(18(28)10-24)26-20(30)17-6-5-16(31-17)12-7-14(22)9-15(23)8-12/h1-9H,10,24H2,(H,25,29)(H,26,30). The zero-order valence-corrected chi connectivity index (χ0v) is 16.5. The Hall–Kier alpha value is -3.76. The maximum Gasteiger partial charge on any atom is 0.307 e. The average molecular weight is 449 g/mol. The zero-order chi connectivity index (χ0) is 22.5. The number of benzene rings is 2. The van der Waals surface area contributed by atoms with Crippen molar-refractivity contribution >= 4 is 29.3 Å². The van der Waals surface area contributed by atoms with Crippen molar-refractivity contribution < 1.29 is 27.6 Å². The van der Waals surface area contributed by atoms with E-state index in [1.54, 1.807) is 0 Å². The van der Waals surface area contributed by atoms with E-state index in [0.29, 0.717) is 16.2 Å². The second-order valence-corrected chi connectivity index (χ2v) is 6.58. The van der Waals surface area contributed by atoms with E-state index in [9.17, 15) is 23.2 Å². The fraction of sp³-hybridized carbons (Fsp3) is 0.0500. The van der Waals surface area contributed by atoms with Gasteiger partial charge in [-0.15, -0.1) is 0 Å². The van der Waals surface area contributed by atoms with Crippen molar-refractivity contribution in [1.82, 2.24) is 16.0 Å². The summed E-state index contributed by atoms with van der Waals surface area (Å²) in [6, 6.07) is 11.1. The Bertz CT molecular complexity index is 1110. The van der Waals surface area contributed by atoms with E-state index in [2.05, 4.69) is 10.9 Å². The van der Waals surface area contributed by atoms with E-state index in [-0.39, 0.29) is 22.6 Å². The molecule has 0 fully saturated rings. The topological polar surface area (TPSA) is 118 Å². The monoisotopic (exact) mass is 448 g/mol. The van der Waals surface area contributed by atoms with Crippen LogP contribution in [0.4, 0.5) is 8.78 Å². The third-order valence-corrected chi connectivity index (χ3v) is 4.19. The van der Waals surface area contributed by atoms with Crippen molar-refractivity contribution in [2.24, 2.45) is 5.73 Å². The number of hydrogen-bond acceptors (Lipinski definition) is 5. The molecule has 1 aromatic heterocycles. The lowest BCUT2D eigenvalue weighted by atomic mass is 10.1. The minimum Gasteiger partial charge on any atom is -0.451 e. The molecule has 3 aromatic rings. The zero-order valence-electron chi connectivity index (χ0n) is 15.7. The van der Waals surface area contributed by atoms with Gasteiger partial charge in [0.05, 0.1) is 6.54 Å². The number of rotatable bonds is 4. The molecule has 0 aliphatic heterocycles. The Morgan fingerprint density at radius 3 is 2.16 bits per heavy atom. The van der Waals surface area contributed by atoms with Crippen LogP contribution in [0.5, 0.6) is 0 Å². The molecule has 3 amide bonds. The summed E-state index contributed by atoms with van der Waals surface area (Å²) >= 11 is 5.77. The summed E-state index contributed by atoms with van der Waals surface area (Å²) in [6.45, 7) is -0.521. The van der Waals surface area contributed by atoms with E-state index in [1.807, 2.05) is 0 Å². The summed E-state index contributed by atoms with van der Waals surface area (Å²) in [6.07, 6.45) is 0. The van der Waals surface area contributed by atoms with Crippen molar-refractivity contribution in [3.63, 3.8) is 0 Å². The summed E-state index contributed by atoms with van der Waals surface area (Å²) in [5.74, 6) is -4.35. The molecule has 0 bridgehead atoms. The van der Waals surface area contributed by atoms with E-state index in [4.69, 9.17) is 21.8 Å². The molecule has 1 heterocycles. The van der Waals surface area contributed by atoms with Crippen LogP contribution in [0.3, 0.4) is 0 Å².